The van der Waals surface area contributed by atoms with Crippen LogP contribution in [0.1, 0.15) is 139 Å². The number of primary amides is 1. The normalized spacial score (nSPS) is 21.0. The highest BCUT2D eigenvalue weighted by Crippen LogP contribution is 2.22. The predicted octanol–water partition coefficient (Wildman–Crippen LogP) is -5.39. The molecule has 0 unspecified atom stereocenters. The van der Waals surface area contributed by atoms with Gasteiger partial charge in [0, 0.05) is 60.2 Å². The van der Waals surface area contributed by atoms with E-state index in [4.69, 9.17) is 16.2 Å². The summed E-state index contributed by atoms with van der Waals surface area (Å²) in [5, 5.41) is 78.9. The Morgan fingerprint density at radius 1 is 0.564 bits per heavy atom. The molecule has 13 atom stereocenters. The van der Waals surface area contributed by atoms with Gasteiger partial charge in [-0.3, -0.25) is 91.1 Å². The highest BCUT2D eigenvalue weighted by atomic mass is 16.5. The number of amides is 14. The van der Waals surface area contributed by atoms with Gasteiger partial charge in [0.15, 0.2) is 5.78 Å². The monoisotopic (exact) mass is 1640 g/mol. The number of carboxylic acids is 4. The molecule has 4 aromatic rings. The Morgan fingerprint density at radius 2 is 1.12 bits per heavy atom. The van der Waals surface area contributed by atoms with E-state index in [0.29, 0.717) is 29.3 Å². The van der Waals surface area contributed by atoms with Gasteiger partial charge < -0.3 is 121 Å². The van der Waals surface area contributed by atoms with Crippen LogP contribution in [0.5, 0.6) is 0 Å². The van der Waals surface area contributed by atoms with E-state index in [9.17, 15) is 121 Å². The van der Waals surface area contributed by atoms with E-state index in [2.05, 4.69) is 75.0 Å². The second-order valence-corrected chi connectivity index (χ2v) is 27.6. The number of esters is 1. The van der Waals surface area contributed by atoms with Crippen LogP contribution in [0.4, 0.5) is 5.69 Å². The summed E-state index contributed by atoms with van der Waals surface area (Å²) in [6, 6.07) is -10.8. The summed E-state index contributed by atoms with van der Waals surface area (Å²) < 4.78 is 5.70. The SMILES string of the molecule is CCCCCCCCCC(=O)N[C@@H](Cc1c[nH]c2ccccc12)C(=O)N[C@@H](CC(N)=O)C(=O)N[C@@H](CC(=O)O)C(=O)N[C@@H]1C(=O)NCC(=O)N[C@@H](Cc2c[nH]cn2)C(=O)N[C@@H](CC(=O)O)C(=O)N[C@H](C)C(=O)N[C@@H](CC(=O)O)C(=O)NCC(=O)N[C@H](CO)C(=O)N[C@@H]([C@@H](C)CC(=O)O)C(=O)N[C@@H](CC(=O)c2ccccc2N)C(=O)O[C@@H]1C. The Balaban J connectivity index is 1.61. The van der Waals surface area contributed by atoms with Crippen molar-refractivity contribution < 1.29 is 126 Å². The fourth-order valence-electron chi connectivity index (χ4n) is 12.0. The fourth-order valence-corrected chi connectivity index (χ4v) is 12.0. The van der Waals surface area contributed by atoms with Crippen LogP contribution in [0.25, 0.3) is 10.9 Å². The topological polar surface area (TPSA) is 705 Å². The number of benzene rings is 2. The maximum Gasteiger partial charge on any atom is 0.329 e. The molecule has 3 heterocycles. The summed E-state index contributed by atoms with van der Waals surface area (Å²) in [6.07, 6.45) is -0.154. The second-order valence-electron chi connectivity index (χ2n) is 27.6. The van der Waals surface area contributed by atoms with Gasteiger partial charge in [-0.1, -0.05) is 82.7 Å². The molecular formula is C73H98N18O26. The number of carboxylic acid groups (broad SMARTS) is 4. The zero-order valence-electron chi connectivity index (χ0n) is 64.2. The van der Waals surface area contributed by atoms with Crippen LogP contribution < -0.4 is 80.6 Å². The molecule has 1 saturated heterocycles. The number of Topliss-reactive ketones (excluding diaryl/α,β-unsaturated/α-hetero) is 1. The number of carbonyl (C=O) groups excluding carboxylic acids is 16. The van der Waals surface area contributed by atoms with Gasteiger partial charge in [-0.15, -0.1) is 0 Å². The van der Waals surface area contributed by atoms with Gasteiger partial charge in [0.05, 0.1) is 63.8 Å². The molecule has 2 aromatic heterocycles. The number of carbonyl (C=O) groups is 20. The van der Waals surface area contributed by atoms with E-state index in [1.165, 1.54) is 30.5 Å². The van der Waals surface area contributed by atoms with E-state index in [1.807, 2.05) is 16.0 Å². The third kappa shape index (κ3) is 31.5. The number of aliphatic hydroxyl groups excluding tert-OH is 1. The van der Waals surface area contributed by atoms with Crippen molar-refractivity contribution in [2.45, 2.75) is 203 Å². The highest BCUT2D eigenvalue weighted by Gasteiger charge is 2.41. The number of imidazole rings is 1. The van der Waals surface area contributed by atoms with Crippen molar-refractivity contribution in [3.05, 3.63) is 84.1 Å². The molecule has 0 saturated carbocycles. The van der Waals surface area contributed by atoms with Gasteiger partial charge in [-0.25, -0.2) is 9.78 Å². The molecule has 0 radical (unpaired) electrons. The molecule has 0 spiro atoms. The molecule has 117 heavy (non-hydrogen) atoms. The molecule has 14 amide bonds. The van der Waals surface area contributed by atoms with Crippen LogP contribution in [-0.2, 0) is 109 Å². The number of ketones is 1. The van der Waals surface area contributed by atoms with Gasteiger partial charge in [0.1, 0.15) is 72.6 Å². The molecule has 1 fully saturated rings. The number of hydrogen-bond donors (Lipinski definition) is 22. The summed E-state index contributed by atoms with van der Waals surface area (Å²) in [4.78, 5) is 284. The fraction of sp³-hybridized carbons (Fsp3) is 0.493. The number of aliphatic hydroxyl groups is 1. The molecule has 1 aliphatic rings. The first kappa shape index (κ1) is 94.1. The van der Waals surface area contributed by atoms with E-state index >= 15 is 0 Å². The van der Waals surface area contributed by atoms with Crippen LogP contribution in [0.3, 0.4) is 0 Å². The average molecular weight is 1640 g/mol. The largest absolute Gasteiger partial charge is 0.481 e. The lowest BCUT2D eigenvalue weighted by Crippen LogP contribution is -2.62. The number of nitrogen functional groups attached to an aromatic ring is 1. The number of fused-ring (bicyclic) bond motifs is 1. The number of hydrogen-bond acceptors (Lipinski definition) is 24. The van der Waals surface area contributed by atoms with Gasteiger partial charge in [-0.2, -0.15) is 0 Å². The van der Waals surface area contributed by atoms with Crippen molar-refractivity contribution in [1.82, 2.24) is 84.1 Å². The Hall–Kier alpha value is -13.4. The van der Waals surface area contributed by atoms with Crippen LogP contribution in [0, 0.1) is 5.92 Å². The summed E-state index contributed by atoms with van der Waals surface area (Å²) in [5.41, 5.74) is 12.4. The number of aromatic amines is 2. The van der Waals surface area contributed by atoms with Gasteiger partial charge >= 0.3 is 29.8 Å². The molecule has 5 rings (SSSR count). The first-order chi connectivity index (χ1) is 55.4. The number of ether oxygens (including phenoxy) is 1. The van der Waals surface area contributed by atoms with Crippen molar-refractivity contribution in [2.24, 2.45) is 11.7 Å². The number of aliphatic carboxylic acids is 4. The quantitative estimate of drug-likeness (QED) is 0.00898. The number of cyclic esters (lactones) is 1. The number of nitrogens with one attached hydrogen (secondary N) is 15. The number of rotatable bonds is 34. The van der Waals surface area contributed by atoms with Crippen LogP contribution in [-0.4, -0.2) is 251 Å². The van der Waals surface area contributed by atoms with Crippen molar-refractivity contribution >= 4 is 135 Å². The third-order valence-corrected chi connectivity index (χ3v) is 18.1. The van der Waals surface area contributed by atoms with Gasteiger partial charge in [0.2, 0.25) is 82.7 Å². The first-order valence-corrected chi connectivity index (χ1v) is 37.1. The number of unbranched alkanes of at least 4 members (excludes halogenated alkanes) is 6. The molecule has 24 N–H and O–H groups in total. The molecular weight excluding hydrogens is 1540 g/mol. The minimum absolute atomic E-state index is 0.0124. The maximum absolute atomic E-state index is 14.9. The maximum atomic E-state index is 14.9. The van der Waals surface area contributed by atoms with Gasteiger partial charge in [-0.05, 0) is 49.9 Å². The minimum atomic E-state index is -2.47. The number of nitrogens with two attached hydrogens (primary N) is 2. The lowest BCUT2D eigenvalue weighted by Gasteiger charge is -2.30. The standard InChI is InChI=1S/C73H98N18O26/c1-5-6-7-8-9-10-11-20-54(95)82-44(22-38-29-77-43-19-15-13-16-40(38)43)66(109)86-46(25-53(75)94)68(111)88-49(28-60(104)105)69(112)91-62-37(4)117-73(116)50(24-52(93)41-17-12-14-18-42(41)74)89-72(115)61(35(2)21-57(98)99)90-70(113)51(33-92)84-56(97)31-78-64(107)47(26-58(100)101)85-63(106)36(3)81-65(108)48(27-59(102)103)87-67(110)45(23-39-30-76-34-80-39)83-55(96)32-79-71(62)114/h12-19,29-30,34-37,44-51,61-62,77,92H,5-11,20-28,31-33,74H2,1-4H3,(H2,75,94)(H,76,80)(H,78,107)(H,79,114)(H,81,108)(H,82,95)(H,83,96)(H,84,97)(H,85,106)(H,86,109)(H,87,110)(H,88,111)(H,89,115)(H,90,113)(H,91,112)(H,98,99)(H,100,101)(H,102,103)(H,104,105)/t35-,36+,37+,44-,45-,46-,47-,48-,49-,50-,51+,61-,62-/m0/s1. The molecule has 44 heteroatoms. The van der Waals surface area contributed by atoms with Gasteiger partial charge in [0.25, 0.3) is 0 Å². The predicted molar refractivity (Wildman–Crippen MR) is 404 cm³/mol. The van der Waals surface area contributed by atoms with Crippen LogP contribution in [0.2, 0.25) is 0 Å². The first-order valence-electron chi connectivity index (χ1n) is 37.1. The molecule has 636 valence electrons. The molecule has 44 nitrogen and oxygen atoms in total. The summed E-state index contributed by atoms with van der Waals surface area (Å²) in [5.74, 6) is -29.9. The van der Waals surface area contributed by atoms with Crippen molar-refractivity contribution in [2.75, 3.05) is 25.4 Å². The van der Waals surface area contributed by atoms with Crippen LogP contribution >= 0.6 is 0 Å². The zero-order valence-corrected chi connectivity index (χ0v) is 64.2. The Bertz CT molecular complexity index is 4290. The molecule has 2 aromatic carbocycles. The van der Waals surface area contributed by atoms with Crippen molar-refractivity contribution in [1.29, 1.82) is 0 Å². The van der Waals surface area contributed by atoms with Crippen molar-refractivity contribution in [3.8, 4) is 0 Å². The number of anilines is 1. The lowest BCUT2D eigenvalue weighted by molar-refractivity contribution is -0.156. The minimum Gasteiger partial charge on any atom is -0.481 e. The molecule has 0 aliphatic carbocycles. The Labute approximate surface area is 666 Å². The molecule has 0 bridgehead atoms. The summed E-state index contributed by atoms with van der Waals surface area (Å²) in [6.45, 7) is 1.24. The second kappa shape index (κ2) is 46.7. The van der Waals surface area contributed by atoms with Crippen LogP contribution in [0.15, 0.2) is 67.3 Å². The number of aromatic nitrogens is 3. The summed E-state index contributed by atoms with van der Waals surface area (Å²) in [7, 11) is 0. The third-order valence-electron chi connectivity index (χ3n) is 18.1. The molecule has 1 aliphatic heterocycles. The van der Waals surface area contributed by atoms with E-state index in [0.717, 1.165) is 59.2 Å². The smallest absolute Gasteiger partial charge is 0.329 e. The average Bonchev–Trinajstić information content (AvgIpc) is 1.69. The van der Waals surface area contributed by atoms with E-state index in [1.54, 1.807) is 30.5 Å². The Kier molecular flexibility index (Phi) is 37.5. The summed E-state index contributed by atoms with van der Waals surface area (Å²) >= 11 is 0. The Morgan fingerprint density at radius 3 is 1.73 bits per heavy atom. The number of para-hydroxylation sites is 2. The lowest BCUT2D eigenvalue weighted by atomic mass is 9.96. The zero-order chi connectivity index (χ0) is 86.8. The van der Waals surface area contributed by atoms with E-state index < -0.39 is 261 Å². The highest BCUT2D eigenvalue weighted by molar-refractivity contribution is 6.05. The number of nitrogens with zero attached hydrogens (tertiary/aromatic N) is 1. The van der Waals surface area contributed by atoms with E-state index in [-0.39, 0.29) is 29.8 Å². The number of H-pyrrole nitrogens is 2. The van der Waals surface area contributed by atoms with Crippen molar-refractivity contribution in [3.63, 3.8) is 0 Å².